The molecule has 0 fully saturated rings. The summed E-state index contributed by atoms with van der Waals surface area (Å²) in [4.78, 5) is 16.0. The zero-order valence-electron chi connectivity index (χ0n) is 12.1. The molecular formula is C13H19NO7. The molecule has 2 N–H and O–H groups in total. The lowest BCUT2D eigenvalue weighted by atomic mass is 9.94. The predicted molar refractivity (Wildman–Crippen MR) is 70.6 cm³/mol. The molecule has 0 radical (unpaired) electrons. The van der Waals surface area contributed by atoms with E-state index < -0.39 is 43.0 Å². The molecule has 0 bridgehead atoms. The highest BCUT2D eigenvalue weighted by Crippen LogP contribution is 2.31. The molecule has 0 spiro atoms. The Morgan fingerprint density at radius 1 is 1.48 bits per heavy atom. The van der Waals surface area contributed by atoms with E-state index in [2.05, 4.69) is 9.73 Å². The van der Waals surface area contributed by atoms with Gasteiger partial charge in [0.2, 0.25) is 5.76 Å². The van der Waals surface area contributed by atoms with Crippen molar-refractivity contribution in [3.8, 4) is 0 Å². The lowest BCUT2D eigenvalue weighted by Gasteiger charge is -2.36. The molecule has 8 heteroatoms. The molecule has 21 heavy (non-hydrogen) atoms. The molecule has 0 saturated heterocycles. The molecule has 8 nitrogen and oxygen atoms in total. The van der Waals surface area contributed by atoms with Crippen LogP contribution in [0.1, 0.15) is 6.92 Å². The van der Waals surface area contributed by atoms with Crippen molar-refractivity contribution in [2.75, 3.05) is 20.8 Å². The number of aliphatic hydroxyl groups excluding tert-OH is 2. The summed E-state index contributed by atoms with van der Waals surface area (Å²) >= 11 is 0. The Morgan fingerprint density at radius 3 is 2.76 bits per heavy atom. The monoisotopic (exact) mass is 301 g/mol. The lowest BCUT2D eigenvalue weighted by Crippen LogP contribution is -2.52. The van der Waals surface area contributed by atoms with E-state index in [9.17, 15) is 9.90 Å². The Bertz CT molecular complexity index is 461. The summed E-state index contributed by atoms with van der Waals surface area (Å²) in [6, 6.07) is -0.468. The number of hydrogen-bond acceptors (Lipinski definition) is 8. The van der Waals surface area contributed by atoms with Gasteiger partial charge in [0.15, 0.2) is 12.0 Å². The fraction of sp³-hybridized carbons (Fsp3) is 0.692. The smallest absolute Gasteiger partial charge is 0.373 e. The van der Waals surface area contributed by atoms with Crippen LogP contribution >= 0.6 is 0 Å². The van der Waals surface area contributed by atoms with E-state index in [1.165, 1.54) is 20.3 Å². The van der Waals surface area contributed by atoms with E-state index in [1.807, 2.05) is 0 Å². The Labute approximate surface area is 122 Å². The minimum Gasteiger partial charge on any atom is -0.478 e. The Morgan fingerprint density at radius 2 is 2.19 bits per heavy atom. The van der Waals surface area contributed by atoms with Crippen molar-refractivity contribution in [1.29, 1.82) is 0 Å². The Hall–Kier alpha value is -1.64. The SMILES string of the molecule is COC(=O)C1=C[C@H]2OC(C)=N[C@@H]2[C@H]([C@H](OC)[C@H](O)CO)O1. The van der Waals surface area contributed by atoms with Gasteiger partial charge >= 0.3 is 5.97 Å². The van der Waals surface area contributed by atoms with Gasteiger partial charge in [-0.25, -0.2) is 9.79 Å². The summed E-state index contributed by atoms with van der Waals surface area (Å²) in [5.41, 5.74) is 0. The van der Waals surface area contributed by atoms with E-state index >= 15 is 0 Å². The van der Waals surface area contributed by atoms with Crippen LogP contribution in [0.3, 0.4) is 0 Å². The number of carbonyl (C=O) groups excluding carboxylic acids is 1. The van der Waals surface area contributed by atoms with Crippen LogP contribution in [0.5, 0.6) is 0 Å². The normalized spacial score (nSPS) is 30.2. The average Bonchev–Trinajstić information content (AvgIpc) is 2.86. The quantitative estimate of drug-likeness (QED) is 0.627. The molecule has 0 amide bonds. The fourth-order valence-corrected chi connectivity index (χ4v) is 2.47. The first kappa shape index (κ1) is 15.7. The second-order valence-electron chi connectivity index (χ2n) is 4.78. The third-order valence-corrected chi connectivity index (χ3v) is 3.44. The van der Waals surface area contributed by atoms with Gasteiger partial charge in [-0.3, -0.25) is 0 Å². The first-order chi connectivity index (χ1) is 10.0. The van der Waals surface area contributed by atoms with Crippen molar-refractivity contribution in [2.24, 2.45) is 4.99 Å². The number of esters is 1. The minimum atomic E-state index is -1.17. The van der Waals surface area contributed by atoms with Crippen LogP contribution in [-0.2, 0) is 23.7 Å². The number of rotatable bonds is 5. The molecule has 0 aromatic rings. The van der Waals surface area contributed by atoms with Crippen molar-refractivity contribution < 1.29 is 34.0 Å². The molecule has 0 aliphatic carbocycles. The van der Waals surface area contributed by atoms with E-state index in [-0.39, 0.29) is 5.76 Å². The van der Waals surface area contributed by atoms with Gasteiger partial charge in [-0.1, -0.05) is 0 Å². The van der Waals surface area contributed by atoms with Crippen molar-refractivity contribution in [2.45, 2.75) is 37.4 Å². The number of ether oxygens (including phenoxy) is 4. The number of aliphatic hydroxyl groups is 2. The van der Waals surface area contributed by atoms with Crippen LogP contribution in [0.15, 0.2) is 16.8 Å². The van der Waals surface area contributed by atoms with Gasteiger partial charge in [-0.15, -0.1) is 0 Å². The van der Waals surface area contributed by atoms with Gasteiger partial charge < -0.3 is 29.2 Å². The van der Waals surface area contributed by atoms with Gasteiger partial charge in [-0.2, -0.15) is 0 Å². The summed E-state index contributed by atoms with van der Waals surface area (Å²) in [7, 11) is 2.62. The maximum absolute atomic E-state index is 11.7. The molecule has 0 saturated carbocycles. The standard InChI is InChI=1S/C13H19NO7/c1-6-14-10-8(20-6)4-9(13(17)19-3)21-12(10)11(18-2)7(16)5-15/h4,7-8,10-12,15-16H,5H2,1-3H3/t7-,8-,10+,11-,12-/m1/s1. The average molecular weight is 301 g/mol. The molecule has 2 aliphatic heterocycles. The molecule has 5 atom stereocenters. The van der Waals surface area contributed by atoms with E-state index in [0.29, 0.717) is 5.90 Å². The second-order valence-corrected chi connectivity index (χ2v) is 4.78. The maximum atomic E-state index is 11.7. The Kier molecular flexibility index (Phi) is 4.81. The summed E-state index contributed by atoms with van der Waals surface area (Å²) in [5, 5.41) is 19.0. The molecular weight excluding hydrogens is 282 g/mol. The molecule has 118 valence electrons. The van der Waals surface area contributed by atoms with Crippen molar-refractivity contribution in [3.63, 3.8) is 0 Å². The van der Waals surface area contributed by atoms with Gasteiger partial charge in [-0.05, 0) is 0 Å². The third-order valence-electron chi connectivity index (χ3n) is 3.44. The van der Waals surface area contributed by atoms with Gasteiger partial charge in [0.25, 0.3) is 0 Å². The van der Waals surface area contributed by atoms with Crippen molar-refractivity contribution >= 4 is 11.9 Å². The van der Waals surface area contributed by atoms with E-state index in [0.717, 1.165) is 0 Å². The topological polar surface area (TPSA) is 107 Å². The van der Waals surface area contributed by atoms with Crippen LogP contribution in [0.4, 0.5) is 0 Å². The highest BCUT2D eigenvalue weighted by molar-refractivity contribution is 5.87. The highest BCUT2D eigenvalue weighted by atomic mass is 16.6. The number of nitrogens with zero attached hydrogens (tertiary/aromatic N) is 1. The zero-order valence-corrected chi connectivity index (χ0v) is 12.1. The lowest BCUT2D eigenvalue weighted by molar-refractivity contribution is -0.151. The first-order valence-corrected chi connectivity index (χ1v) is 6.51. The number of fused-ring (bicyclic) bond motifs is 1. The van der Waals surface area contributed by atoms with Crippen LogP contribution in [-0.4, -0.2) is 73.4 Å². The van der Waals surface area contributed by atoms with Crippen LogP contribution in [0.2, 0.25) is 0 Å². The largest absolute Gasteiger partial charge is 0.478 e. The summed E-state index contributed by atoms with van der Waals surface area (Å²) in [5.74, 6) is -0.227. The molecule has 2 aliphatic rings. The number of carbonyl (C=O) groups is 1. The fourth-order valence-electron chi connectivity index (χ4n) is 2.47. The van der Waals surface area contributed by atoms with Crippen molar-refractivity contribution in [1.82, 2.24) is 0 Å². The van der Waals surface area contributed by atoms with Crippen LogP contribution < -0.4 is 0 Å². The molecule has 0 aromatic heterocycles. The third kappa shape index (κ3) is 3.02. The zero-order chi connectivity index (χ0) is 15.6. The number of hydrogen-bond donors (Lipinski definition) is 2. The second kappa shape index (κ2) is 6.42. The molecule has 0 aromatic carbocycles. The molecule has 2 heterocycles. The first-order valence-electron chi connectivity index (χ1n) is 6.51. The van der Waals surface area contributed by atoms with Gasteiger partial charge in [0, 0.05) is 20.1 Å². The van der Waals surface area contributed by atoms with E-state index in [1.54, 1.807) is 6.92 Å². The van der Waals surface area contributed by atoms with Gasteiger partial charge in [0.05, 0.1) is 13.7 Å². The van der Waals surface area contributed by atoms with Crippen molar-refractivity contribution in [3.05, 3.63) is 11.8 Å². The molecule has 2 rings (SSSR count). The van der Waals surface area contributed by atoms with Crippen LogP contribution in [0.25, 0.3) is 0 Å². The highest BCUT2D eigenvalue weighted by Gasteiger charge is 2.47. The summed E-state index contributed by atoms with van der Waals surface area (Å²) < 4.78 is 20.9. The summed E-state index contributed by atoms with van der Waals surface area (Å²) in [6.07, 6.45) is -1.83. The van der Waals surface area contributed by atoms with E-state index in [4.69, 9.17) is 19.3 Å². The predicted octanol–water partition coefficient (Wildman–Crippen LogP) is -1.00. The maximum Gasteiger partial charge on any atom is 0.373 e. The Balaban J connectivity index is 2.30. The van der Waals surface area contributed by atoms with Crippen LogP contribution in [0, 0.1) is 0 Å². The minimum absolute atomic E-state index is 0.0270. The number of aliphatic imine (C=N–C) groups is 1. The number of methoxy groups -OCH3 is 2. The summed E-state index contributed by atoms with van der Waals surface area (Å²) in [6.45, 7) is 1.18. The van der Waals surface area contributed by atoms with Gasteiger partial charge in [0.1, 0.15) is 24.4 Å². The molecule has 0 unspecified atom stereocenters.